The van der Waals surface area contributed by atoms with Crippen LogP contribution in [0.2, 0.25) is 0 Å². The molecule has 0 fully saturated rings. The number of pyridine rings is 2. The van der Waals surface area contributed by atoms with Crippen molar-refractivity contribution in [3.8, 4) is 0 Å². The highest BCUT2D eigenvalue weighted by molar-refractivity contribution is 5.77. The minimum Gasteiger partial charge on any atom is -0.279 e. The lowest BCUT2D eigenvalue weighted by atomic mass is 10.1. The van der Waals surface area contributed by atoms with Crippen LogP contribution in [-0.4, -0.2) is 40.3 Å². The zero-order valence-electron chi connectivity index (χ0n) is 20.1. The summed E-state index contributed by atoms with van der Waals surface area (Å²) in [5, 5.41) is 15.1. The lowest BCUT2D eigenvalue weighted by Crippen LogP contribution is -1.93. The summed E-state index contributed by atoms with van der Waals surface area (Å²) < 4.78 is 0. The van der Waals surface area contributed by atoms with Gasteiger partial charge in [-0.25, -0.2) is 9.97 Å². The van der Waals surface area contributed by atoms with Gasteiger partial charge in [-0.1, -0.05) is 41.5 Å². The third kappa shape index (κ3) is 6.41. The van der Waals surface area contributed by atoms with Crippen LogP contribution in [0.15, 0.2) is 55.2 Å². The standard InChI is InChI=1S/2C9H11N3.C7H10N2/c1-6(2)8-3-7-4-11-12-9(7)5-10-8;1-6(2)8-9-7(11-12-8)4-3-5-10-9;1-6(2)7-8-4-3-5-9-7/h2*3-6H,1-2H3,(H,11,12);3-6H,1-2H3. The Kier molecular flexibility index (Phi) is 8.18. The molecule has 0 saturated heterocycles. The maximum absolute atomic E-state index is 4.31. The molecule has 0 unspecified atom stereocenters. The van der Waals surface area contributed by atoms with Gasteiger partial charge in [0.05, 0.1) is 23.6 Å². The molecule has 0 saturated carbocycles. The number of rotatable bonds is 3. The summed E-state index contributed by atoms with van der Waals surface area (Å²) >= 11 is 0. The fraction of sp³-hybridized carbons (Fsp3) is 0.360. The van der Waals surface area contributed by atoms with Crippen molar-refractivity contribution in [3.63, 3.8) is 0 Å². The van der Waals surface area contributed by atoms with Gasteiger partial charge in [-0.2, -0.15) is 10.2 Å². The van der Waals surface area contributed by atoms with Crippen LogP contribution < -0.4 is 0 Å². The van der Waals surface area contributed by atoms with Crippen LogP contribution >= 0.6 is 0 Å². The van der Waals surface area contributed by atoms with Crippen LogP contribution in [0, 0.1) is 0 Å². The number of fused-ring (bicyclic) bond motifs is 2. The molecule has 0 aromatic carbocycles. The minimum absolute atomic E-state index is 0.436. The van der Waals surface area contributed by atoms with E-state index in [0.717, 1.165) is 39.1 Å². The maximum Gasteiger partial charge on any atom is 0.130 e. The monoisotopic (exact) mass is 444 g/mol. The second-order valence-corrected chi connectivity index (χ2v) is 8.65. The van der Waals surface area contributed by atoms with Crippen LogP contribution in [0.3, 0.4) is 0 Å². The predicted molar refractivity (Wildman–Crippen MR) is 132 cm³/mol. The molecule has 0 aliphatic rings. The van der Waals surface area contributed by atoms with E-state index in [1.54, 1.807) is 18.6 Å². The highest BCUT2D eigenvalue weighted by Crippen LogP contribution is 2.19. The second kappa shape index (κ2) is 11.3. The normalized spacial score (nSPS) is 10.9. The Morgan fingerprint density at radius 2 is 1.45 bits per heavy atom. The molecule has 172 valence electrons. The Morgan fingerprint density at radius 1 is 0.727 bits per heavy atom. The van der Waals surface area contributed by atoms with Gasteiger partial charge in [-0.15, -0.1) is 0 Å². The number of hydrogen-bond acceptors (Lipinski definition) is 6. The van der Waals surface area contributed by atoms with E-state index in [2.05, 4.69) is 87.9 Å². The van der Waals surface area contributed by atoms with Crippen molar-refractivity contribution >= 4 is 21.9 Å². The number of H-pyrrole nitrogens is 2. The molecule has 8 nitrogen and oxygen atoms in total. The lowest BCUT2D eigenvalue weighted by molar-refractivity contribution is 0.774. The maximum atomic E-state index is 4.31. The zero-order chi connectivity index (χ0) is 23.8. The topological polar surface area (TPSA) is 109 Å². The third-order valence-electron chi connectivity index (χ3n) is 4.96. The molecule has 0 bridgehead atoms. The van der Waals surface area contributed by atoms with Crippen molar-refractivity contribution in [1.82, 2.24) is 40.3 Å². The largest absolute Gasteiger partial charge is 0.279 e. The second-order valence-electron chi connectivity index (χ2n) is 8.65. The van der Waals surface area contributed by atoms with Crippen molar-refractivity contribution in [3.05, 3.63) is 72.5 Å². The quantitative estimate of drug-likeness (QED) is 0.366. The molecule has 2 N–H and O–H groups in total. The molecule has 0 atom stereocenters. The van der Waals surface area contributed by atoms with Crippen molar-refractivity contribution in [2.45, 2.75) is 59.3 Å². The molecule has 0 amide bonds. The van der Waals surface area contributed by atoms with Crippen LogP contribution in [0.25, 0.3) is 21.9 Å². The molecule has 0 aliphatic heterocycles. The van der Waals surface area contributed by atoms with Crippen LogP contribution in [0.5, 0.6) is 0 Å². The van der Waals surface area contributed by atoms with Crippen molar-refractivity contribution in [1.29, 1.82) is 0 Å². The Morgan fingerprint density at radius 3 is 2.09 bits per heavy atom. The fourth-order valence-electron chi connectivity index (χ4n) is 3.05. The van der Waals surface area contributed by atoms with E-state index in [-0.39, 0.29) is 0 Å². The van der Waals surface area contributed by atoms with E-state index in [0.29, 0.717) is 17.8 Å². The first-order valence-corrected chi connectivity index (χ1v) is 11.2. The first-order valence-electron chi connectivity index (χ1n) is 11.2. The van der Waals surface area contributed by atoms with E-state index >= 15 is 0 Å². The molecular formula is C25H32N8. The smallest absolute Gasteiger partial charge is 0.130 e. The van der Waals surface area contributed by atoms with Crippen molar-refractivity contribution in [2.24, 2.45) is 0 Å². The van der Waals surface area contributed by atoms with Gasteiger partial charge in [-0.05, 0) is 36.1 Å². The molecule has 0 radical (unpaired) electrons. The van der Waals surface area contributed by atoms with Crippen LogP contribution in [-0.2, 0) is 0 Å². The average Bonchev–Trinajstić information content (AvgIpc) is 3.47. The highest BCUT2D eigenvalue weighted by atomic mass is 15.1. The molecule has 5 aromatic heterocycles. The number of hydrogen-bond donors (Lipinski definition) is 2. The molecule has 0 spiro atoms. The molecule has 5 aromatic rings. The van der Waals surface area contributed by atoms with Gasteiger partial charge in [-0.3, -0.25) is 20.2 Å². The number of aromatic amines is 2. The summed E-state index contributed by atoms with van der Waals surface area (Å²) in [4.78, 5) is 16.7. The van der Waals surface area contributed by atoms with Crippen molar-refractivity contribution < 1.29 is 0 Å². The van der Waals surface area contributed by atoms with E-state index in [1.165, 1.54) is 0 Å². The number of nitrogens with zero attached hydrogens (tertiary/aromatic N) is 6. The first kappa shape index (κ1) is 24.0. The highest BCUT2D eigenvalue weighted by Gasteiger charge is 2.08. The molecule has 33 heavy (non-hydrogen) atoms. The fourth-order valence-corrected chi connectivity index (χ4v) is 3.05. The van der Waals surface area contributed by atoms with Crippen molar-refractivity contribution in [2.75, 3.05) is 0 Å². The molecule has 5 rings (SSSR count). The summed E-state index contributed by atoms with van der Waals surface area (Å²) in [6.45, 7) is 12.7. The molecular weight excluding hydrogens is 412 g/mol. The van der Waals surface area contributed by atoms with Gasteiger partial charge >= 0.3 is 0 Å². The average molecular weight is 445 g/mol. The van der Waals surface area contributed by atoms with Gasteiger partial charge in [0, 0.05) is 35.6 Å². The van der Waals surface area contributed by atoms with E-state index in [9.17, 15) is 0 Å². The predicted octanol–water partition coefficient (Wildman–Crippen LogP) is 5.76. The third-order valence-corrected chi connectivity index (χ3v) is 4.96. The van der Waals surface area contributed by atoms with Gasteiger partial charge < -0.3 is 0 Å². The summed E-state index contributed by atoms with van der Waals surface area (Å²) in [5.74, 6) is 2.28. The van der Waals surface area contributed by atoms with Crippen LogP contribution in [0.4, 0.5) is 0 Å². The number of aromatic nitrogens is 8. The SMILES string of the molecule is CC(C)c1[nH]nc2cccnc12.CC(C)c1cc2cn[nH]c2cn1.CC(C)c1ncccn1. The number of nitrogens with one attached hydrogen (secondary N) is 2. The van der Waals surface area contributed by atoms with E-state index < -0.39 is 0 Å². The molecule has 8 heteroatoms. The minimum atomic E-state index is 0.436. The zero-order valence-corrected chi connectivity index (χ0v) is 20.1. The van der Waals surface area contributed by atoms with Gasteiger partial charge in [0.25, 0.3) is 0 Å². The van der Waals surface area contributed by atoms with E-state index in [1.807, 2.05) is 30.6 Å². The lowest BCUT2D eigenvalue weighted by Gasteiger charge is -2.02. The molecule has 0 aliphatic carbocycles. The Bertz CT molecular complexity index is 1260. The molecule has 5 heterocycles. The van der Waals surface area contributed by atoms with Gasteiger partial charge in [0.1, 0.15) is 16.9 Å². The summed E-state index contributed by atoms with van der Waals surface area (Å²) in [7, 11) is 0. The van der Waals surface area contributed by atoms with Gasteiger partial charge in [0.2, 0.25) is 0 Å². The van der Waals surface area contributed by atoms with Crippen LogP contribution in [0.1, 0.15) is 76.5 Å². The Hall–Kier alpha value is -3.68. The summed E-state index contributed by atoms with van der Waals surface area (Å²) in [6.07, 6.45) is 8.98. The summed E-state index contributed by atoms with van der Waals surface area (Å²) in [5.41, 5.74) is 5.17. The summed E-state index contributed by atoms with van der Waals surface area (Å²) in [6, 6.07) is 7.76. The van der Waals surface area contributed by atoms with Gasteiger partial charge in [0.15, 0.2) is 0 Å². The Balaban J connectivity index is 0.000000141. The Labute approximate surface area is 194 Å². The van der Waals surface area contributed by atoms with E-state index in [4.69, 9.17) is 0 Å². The first-order chi connectivity index (χ1) is 15.9.